The van der Waals surface area contributed by atoms with Crippen molar-refractivity contribution in [1.29, 1.82) is 0 Å². The van der Waals surface area contributed by atoms with Crippen molar-refractivity contribution in [1.82, 2.24) is 9.97 Å². The molecular weight excluding hydrogens is 392 g/mol. The van der Waals surface area contributed by atoms with Gasteiger partial charge in [0.15, 0.2) is 0 Å². The minimum atomic E-state index is -2.70. The quantitative estimate of drug-likeness (QED) is 0.325. The van der Waals surface area contributed by atoms with Gasteiger partial charge in [0.2, 0.25) is 8.07 Å². The highest BCUT2D eigenvalue weighted by atomic mass is 28.3. The van der Waals surface area contributed by atoms with Crippen LogP contribution < -0.4 is 20.9 Å². The molecule has 2 nitrogen and oxygen atoms in total. The molecule has 0 bridgehead atoms. The van der Waals surface area contributed by atoms with Crippen LogP contribution >= 0.6 is 0 Å². The molecule has 4 aromatic carbocycles. The van der Waals surface area contributed by atoms with Gasteiger partial charge in [-0.25, -0.2) is 0 Å². The maximum Gasteiger partial charge on any atom is 0.204 e. The maximum absolute atomic E-state index is 5.06. The first kappa shape index (κ1) is 19.2. The monoisotopic (exact) mass is 414 g/mol. The molecule has 148 valence electrons. The maximum atomic E-state index is 5.06. The van der Waals surface area contributed by atoms with E-state index in [1.54, 1.807) is 6.20 Å². The number of rotatable bonds is 5. The Labute approximate surface area is 183 Å². The van der Waals surface area contributed by atoms with Crippen LogP contribution in [0.2, 0.25) is 0 Å². The van der Waals surface area contributed by atoms with Gasteiger partial charge in [-0.2, -0.15) is 0 Å². The molecule has 31 heavy (non-hydrogen) atoms. The third kappa shape index (κ3) is 3.39. The van der Waals surface area contributed by atoms with Crippen LogP contribution in [0.4, 0.5) is 0 Å². The van der Waals surface area contributed by atoms with Gasteiger partial charge in [-0.15, -0.1) is 0 Å². The van der Waals surface area contributed by atoms with Crippen LogP contribution in [-0.2, 0) is 0 Å². The molecular formula is C28H22N2Si. The average Bonchev–Trinajstić information content (AvgIpc) is 2.87. The summed E-state index contributed by atoms with van der Waals surface area (Å²) in [5.74, 6) is 0. The second kappa shape index (κ2) is 8.50. The fourth-order valence-corrected chi connectivity index (χ4v) is 9.12. The van der Waals surface area contributed by atoms with Crippen molar-refractivity contribution < 1.29 is 0 Å². The Morgan fingerprint density at radius 2 is 0.806 bits per heavy atom. The van der Waals surface area contributed by atoms with Crippen LogP contribution in [0.3, 0.4) is 0 Å². The van der Waals surface area contributed by atoms with Crippen molar-refractivity contribution in [3.05, 3.63) is 134 Å². The second-order valence-corrected chi connectivity index (χ2v) is 11.2. The van der Waals surface area contributed by atoms with E-state index in [4.69, 9.17) is 9.97 Å². The van der Waals surface area contributed by atoms with Crippen molar-refractivity contribution in [3.63, 3.8) is 0 Å². The van der Waals surface area contributed by atoms with Crippen LogP contribution in [0.1, 0.15) is 0 Å². The summed E-state index contributed by atoms with van der Waals surface area (Å²) in [5, 5.41) is 4.95. The first-order valence-corrected chi connectivity index (χ1v) is 12.4. The predicted octanol–water partition coefficient (Wildman–Crippen LogP) is 3.52. The molecule has 3 heteroatoms. The average molecular weight is 415 g/mol. The van der Waals surface area contributed by atoms with Crippen molar-refractivity contribution in [3.8, 4) is 11.3 Å². The van der Waals surface area contributed by atoms with Crippen LogP contribution in [0.25, 0.3) is 11.3 Å². The van der Waals surface area contributed by atoms with E-state index in [9.17, 15) is 0 Å². The van der Waals surface area contributed by atoms with Crippen LogP contribution in [0.15, 0.2) is 134 Å². The van der Waals surface area contributed by atoms with E-state index in [0.717, 1.165) is 16.6 Å². The van der Waals surface area contributed by atoms with Gasteiger partial charge in [0.05, 0.1) is 11.0 Å². The molecule has 0 N–H and O–H groups in total. The summed E-state index contributed by atoms with van der Waals surface area (Å²) in [7, 11) is -2.70. The van der Waals surface area contributed by atoms with E-state index in [0.29, 0.717) is 0 Å². The molecule has 1 heterocycles. The Morgan fingerprint density at radius 3 is 1.26 bits per heavy atom. The highest BCUT2D eigenvalue weighted by molar-refractivity contribution is 7.20. The molecule has 0 unspecified atom stereocenters. The smallest absolute Gasteiger partial charge is 0.204 e. The van der Waals surface area contributed by atoms with E-state index in [1.165, 1.54) is 15.6 Å². The van der Waals surface area contributed by atoms with Crippen molar-refractivity contribution in [2.75, 3.05) is 0 Å². The molecule has 1 aromatic heterocycles. The van der Waals surface area contributed by atoms with Gasteiger partial charge < -0.3 is 0 Å². The Balaban J connectivity index is 1.94. The summed E-state index contributed by atoms with van der Waals surface area (Å²) in [6.07, 6.45) is 3.63. The Hall–Kier alpha value is -3.82. The second-order valence-electron chi connectivity index (χ2n) is 7.47. The Bertz CT molecular complexity index is 1160. The van der Waals surface area contributed by atoms with Gasteiger partial charge >= 0.3 is 0 Å². The highest BCUT2D eigenvalue weighted by Gasteiger charge is 2.44. The van der Waals surface area contributed by atoms with E-state index >= 15 is 0 Å². The first-order valence-electron chi connectivity index (χ1n) is 10.4. The normalized spacial score (nSPS) is 11.2. The number of benzene rings is 4. The Kier molecular flexibility index (Phi) is 5.25. The SMILES string of the molecule is c1ccc(-c2nccnc2[Si](c2ccccc2)(c2ccccc2)c2ccccc2)cc1. The van der Waals surface area contributed by atoms with Crippen molar-refractivity contribution in [2.24, 2.45) is 0 Å². The zero-order chi connectivity index (χ0) is 20.9. The standard InChI is InChI=1S/C28H22N2Si/c1-5-13-23(14-6-1)27-28(30-22-21-29-27)31(24-15-7-2-8-16-24,25-17-9-3-10-18-25)26-19-11-4-12-20-26/h1-22H. The first-order chi connectivity index (χ1) is 15.4. The lowest BCUT2D eigenvalue weighted by Crippen LogP contribution is -2.76. The van der Waals surface area contributed by atoms with Gasteiger partial charge in [-0.1, -0.05) is 121 Å². The van der Waals surface area contributed by atoms with Crippen LogP contribution in [0.5, 0.6) is 0 Å². The lowest BCUT2D eigenvalue weighted by atomic mass is 10.2. The van der Waals surface area contributed by atoms with Crippen molar-refractivity contribution in [2.45, 2.75) is 0 Å². The molecule has 0 amide bonds. The summed E-state index contributed by atoms with van der Waals surface area (Å²) in [5.41, 5.74) is 2.04. The minimum absolute atomic E-state index is 0.950. The summed E-state index contributed by atoms with van der Waals surface area (Å²) in [6.45, 7) is 0. The number of aromatic nitrogens is 2. The van der Waals surface area contributed by atoms with Crippen LogP contribution in [-0.4, -0.2) is 18.0 Å². The fourth-order valence-electron chi connectivity index (χ4n) is 4.39. The molecule has 5 aromatic rings. The molecule has 0 aliphatic rings. The lowest BCUT2D eigenvalue weighted by molar-refractivity contribution is 1.24. The van der Waals surface area contributed by atoms with Gasteiger partial charge in [-0.3, -0.25) is 9.97 Å². The molecule has 0 saturated carbocycles. The molecule has 0 saturated heterocycles. The van der Waals surface area contributed by atoms with E-state index in [-0.39, 0.29) is 0 Å². The lowest BCUT2D eigenvalue weighted by Gasteiger charge is -2.34. The predicted molar refractivity (Wildman–Crippen MR) is 131 cm³/mol. The van der Waals surface area contributed by atoms with Gasteiger partial charge in [0, 0.05) is 18.0 Å². The van der Waals surface area contributed by atoms with Gasteiger partial charge in [0.1, 0.15) is 0 Å². The van der Waals surface area contributed by atoms with Gasteiger partial charge in [-0.05, 0) is 15.6 Å². The molecule has 0 spiro atoms. The number of hydrogen-bond donors (Lipinski definition) is 0. The number of hydrogen-bond acceptors (Lipinski definition) is 2. The zero-order valence-corrected chi connectivity index (χ0v) is 18.1. The van der Waals surface area contributed by atoms with Crippen molar-refractivity contribution >= 4 is 29.0 Å². The zero-order valence-electron chi connectivity index (χ0n) is 17.1. The van der Waals surface area contributed by atoms with E-state index in [2.05, 4.69) is 115 Å². The molecule has 0 aliphatic heterocycles. The third-order valence-electron chi connectivity index (χ3n) is 5.72. The minimum Gasteiger partial charge on any atom is -0.261 e. The molecule has 0 fully saturated rings. The highest BCUT2D eigenvalue weighted by Crippen LogP contribution is 2.18. The molecule has 0 atom stereocenters. The molecule has 0 aliphatic carbocycles. The van der Waals surface area contributed by atoms with E-state index < -0.39 is 8.07 Å². The molecule has 5 rings (SSSR count). The van der Waals surface area contributed by atoms with E-state index in [1.807, 2.05) is 12.3 Å². The summed E-state index contributed by atoms with van der Waals surface area (Å²) < 4.78 is 0. The number of nitrogens with zero attached hydrogens (tertiary/aromatic N) is 2. The summed E-state index contributed by atoms with van der Waals surface area (Å²) >= 11 is 0. The third-order valence-corrected chi connectivity index (χ3v) is 10.4. The summed E-state index contributed by atoms with van der Waals surface area (Å²) in [6, 6.07) is 42.9. The van der Waals surface area contributed by atoms with Gasteiger partial charge in [0.25, 0.3) is 0 Å². The largest absolute Gasteiger partial charge is 0.261 e. The fraction of sp³-hybridized carbons (Fsp3) is 0. The molecule has 0 radical (unpaired) electrons. The topological polar surface area (TPSA) is 25.8 Å². The van der Waals surface area contributed by atoms with Crippen LogP contribution in [0, 0.1) is 0 Å². The Morgan fingerprint density at radius 1 is 0.419 bits per heavy atom. The summed E-state index contributed by atoms with van der Waals surface area (Å²) in [4.78, 5) is 9.92.